The van der Waals surface area contributed by atoms with Gasteiger partial charge in [-0.15, -0.1) is 0 Å². The molecular weight excluding hydrogens is 460 g/mol. The molecule has 0 unspecified atom stereocenters. The van der Waals surface area contributed by atoms with Gasteiger partial charge in [0.1, 0.15) is 0 Å². The zero-order valence-corrected chi connectivity index (χ0v) is 21.3. The Morgan fingerprint density at radius 2 is 1.66 bits per heavy atom. The molecule has 0 atom stereocenters. The highest BCUT2D eigenvalue weighted by atomic mass is 32.2. The summed E-state index contributed by atoms with van der Waals surface area (Å²) in [6, 6.07) is 14.7. The number of nitrogens with zero attached hydrogens (tertiary/aromatic N) is 3. The minimum Gasteiger partial charge on any atom is -0.296 e. The molecule has 1 amide bonds. The summed E-state index contributed by atoms with van der Waals surface area (Å²) in [6.45, 7) is 7.93. The van der Waals surface area contributed by atoms with Crippen molar-refractivity contribution >= 4 is 21.6 Å². The largest absolute Gasteiger partial charge is 0.296 e. The lowest BCUT2D eigenvalue weighted by Crippen LogP contribution is -2.30. The van der Waals surface area contributed by atoms with E-state index in [1.807, 2.05) is 27.0 Å². The summed E-state index contributed by atoms with van der Waals surface area (Å²) < 4.78 is 29.0. The summed E-state index contributed by atoms with van der Waals surface area (Å²) in [4.78, 5) is 21.7. The van der Waals surface area contributed by atoms with E-state index in [-0.39, 0.29) is 11.3 Å². The van der Waals surface area contributed by atoms with Crippen molar-refractivity contribution in [2.45, 2.75) is 58.3 Å². The fourth-order valence-electron chi connectivity index (χ4n) is 4.20. The topological polar surface area (TPSA) is 93.4 Å². The average Bonchev–Trinajstić information content (AvgIpc) is 3.18. The Hall–Kier alpha value is -3.52. The van der Waals surface area contributed by atoms with Crippen LogP contribution >= 0.6 is 0 Å². The van der Waals surface area contributed by atoms with Crippen LogP contribution in [0.1, 0.15) is 48.0 Å². The third-order valence-corrected chi connectivity index (χ3v) is 7.37. The Labute approximate surface area is 206 Å². The Morgan fingerprint density at radius 1 is 0.971 bits per heavy atom. The van der Waals surface area contributed by atoms with Gasteiger partial charge in [0.25, 0.3) is 10.0 Å². The number of aryl methyl sites for hydroxylation is 5. The minimum atomic E-state index is -3.85. The van der Waals surface area contributed by atoms with E-state index in [9.17, 15) is 13.2 Å². The molecule has 8 heteroatoms. The number of amides is 1. The maximum absolute atomic E-state index is 12.4. The number of benzene rings is 2. The number of fused-ring (bicyclic) bond motifs is 1. The quantitative estimate of drug-likeness (QED) is 0.386. The summed E-state index contributed by atoms with van der Waals surface area (Å²) >= 11 is 0. The predicted molar refractivity (Wildman–Crippen MR) is 137 cm³/mol. The number of carbonyl (C=O) groups excluding carboxylic acids is 1. The van der Waals surface area contributed by atoms with Gasteiger partial charge in [-0.3, -0.25) is 14.2 Å². The van der Waals surface area contributed by atoms with E-state index in [0.29, 0.717) is 12.8 Å². The lowest BCUT2D eigenvalue weighted by molar-refractivity contribution is -0.119. The first kappa shape index (κ1) is 24.6. The second-order valence-electron chi connectivity index (χ2n) is 8.81. The van der Waals surface area contributed by atoms with Gasteiger partial charge in [-0.25, -0.2) is 18.1 Å². The van der Waals surface area contributed by atoms with Gasteiger partial charge in [-0.1, -0.05) is 48.9 Å². The van der Waals surface area contributed by atoms with Crippen LogP contribution in [0.5, 0.6) is 0 Å². The van der Waals surface area contributed by atoms with Gasteiger partial charge >= 0.3 is 0 Å². The van der Waals surface area contributed by atoms with Gasteiger partial charge in [0.15, 0.2) is 5.65 Å². The standard InChI is InChI=1S/C27H30N4O3S/c1-5-24-26(31-17-19(3)28-20(4)27(31)29-24)22-13-11-21(12-14-22)7-6-8-25(32)30-35(33,34)23-15-9-18(2)10-16-23/h9-17H,5-8H2,1-4H3,(H,30,32). The van der Waals surface area contributed by atoms with Crippen molar-refractivity contribution in [3.63, 3.8) is 0 Å². The first-order valence-corrected chi connectivity index (χ1v) is 13.2. The summed E-state index contributed by atoms with van der Waals surface area (Å²) in [6.07, 6.45) is 4.19. The van der Waals surface area contributed by atoms with Gasteiger partial charge < -0.3 is 0 Å². The summed E-state index contributed by atoms with van der Waals surface area (Å²) in [7, 11) is -3.85. The zero-order chi connectivity index (χ0) is 25.2. The van der Waals surface area contributed by atoms with E-state index in [1.165, 1.54) is 12.1 Å². The molecule has 0 bridgehead atoms. The number of sulfonamides is 1. The highest BCUT2D eigenvalue weighted by Crippen LogP contribution is 2.27. The SMILES string of the molecule is CCc1nc2c(C)nc(C)cn2c1-c1ccc(CCCC(=O)NS(=O)(=O)c2ccc(C)cc2)cc1. The highest BCUT2D eigenvalue weighted by molar-refractivity contribution is 7.90. The van der Waals surface area contributed by atoms with Crippen molar-refractivity contribution in [1.82, 2.24) is 19.1 Å². The van der Waals surface area contributed by atoms with Crippen LogP contribution in [-0.4, -0.2) is 28.7 Å². The van der Waals surface area contributed by atoms with E-state index in [0.717, 1.165) is 51.5 Å². The minimum absolute atomic E-state index is 0.0899. The summed E-state index contributed by atoms with van der Waals surface area (Å²) in [5.74, 6) is -0.500. The van der Waals surface area contributed by atoms with Gasteiger partial charge in [0, 0.05) is 18.2 Å². The van der Waals surface area contributed by atoms with E-state index in [1.54, 1.807) is 12.1 Å². The lowest BCUT2D eigenvalue weighted by Gasteiger charge is -2.09. The third-order valence-electron chi connectivity index (χ3n) is 5.98. The third kappa shape index (κ3) is 5.43. The van der Waals surface area contributed by atoms with Crippen LogP contribution in [0.25, 0.3) is 16.9 Å². The van der Waals surface area contributed by atoms with Crippen molar-refractivity contribution in [1.29, 1.82) is 0 Å². The van der Waals surface area contributed by atoms with Crippen LogP contribution in [-0.2, 0) is 27.7 Å². The van der Waals surface area contributed by atoms with Crippen LogP contribution in [0.3, 0.4) is 0 Å². The Kier molecular flexibility index (Phi) is 7.03. The molecule has 4 aromatic rings. The number of aromatic nitrogens is 3. The molecule has 0 saturated carbocycles. The van der Waals surface area contributed by atoms with Crippen LogP contribution in [0, 0.1) is 20.8 Å². The van der Waals surface area contributed by atoms with Gasteiger partial charge in [-0.2, -0.15) is 0 Å². The predicted octanol–water partition coefficient (Wildman–Crippen LogP) is 4.71. The molecule has 4 rings (SSSR count). The maximum Gasteiger partial charge on any atom is 0.264 e. The molecule has 182 valence electrons. The van der Waals surface area contributed by atoms with E-state index in [4.69, 9.17) is 4.98 Å². The molecule has 7 nitrogen and oxygen atoms in total. The molecule has 0 aliphatic carbocycles. The fraction of sp³-hybridized carbons (Fsp3) is 0.296. The molecule has 0 aliphatic rings. The van der Waals surface area contributed by atoms with Crippen molar-refractivity contribution in [3.05, 3.63) is 82.9 Å². The molecule has 0 fully saturated rings. The van der Waals surface area contributed by atoms with E-state index < -0.39 is 15.9 Å². The normalized spacial score (nSPS) is 11.7. The van der Waals surface area contributed by atoms with E-state index in [2.05, 4.69) is 45.3 Å². The summed E-state index contributed by atoms with van der Waals surface area (Å²) in [5.41, 5.74) is 7.94. The average molecular weight is 491 g/mol. The maximum atomic E-state index is 12.4. The number of carbonyl (C=O) groups is 1. The van der Waals surface area contributed by atoms with Gasteiger partial charge in [0.05, 0.1) is 27.7 Å². The lowest BCUT2D eigenvalue weighted by atomic mass is 10.0. The highest BCUT2D eigenvalue weighted by Gasteiger charge is 2.18. The van der Waals surface area contributed by atoms with Crippen molar-refractivity contribution in [2.75, 3.05) is 0 Å². The second kappa shape index (κ2) is 10.00. The summed E-state index contributed by atoms with van der Waals surface area (Å²) in [5, 5.41) is 0. The van der Waals surface area contributed by atoms with Crippen LogP contribution in [0.15, 0.2) is 59.6 Å². The monoisotopic (exact) mass is 490 g/mol. The first-order chi connectivity index (χ1) is 16.7. The number of hydrogen-bond acceptors (Lipinski definition) is 5. The molecule has 0 aliphatic heterocycles. The molecule has 0 saturated heterocycles. The molecule has 1 N–H and O–H groups in total. The van der Waals surface area contributed by atoms with Gasteiger partial charge in [0.2, 0.25) is 5.91 Å². The molecule has 35 heavy (non-hydrogen) atoms. The molecule has 2 aromatic heterocycles. The van der Waals surface area contributed by atoms with Crippen molar-refractivity contribution in [3.8, 4) is 11.3 Å². The Bertz CT molecular complexity index is 1470. The van der Waals surface area contributed by atoms with E-state index >= 15 is 0 Å². The fourth-order valence-corrected chi connectivity index (χ4v) is 5.22. The van der Waals surface area contributed by atoms with Crippen LogP contribution in [0.4, 0.5) is 0 Å². The van der Waals surface area contributed by atoms with Crippen molar-refractivity contribution in [2.24, 2.45) is 0 Å². The number of nitrogens with one attached hydrogen (secondary N) is 1. The van der Waals surface area contributed by atoms with Gasteiger partial charge in [-0.05, 0) is 57.7 Å². The number of rotatable bonds is 8. The molecular formula is C27H30N4O3S. The number of imidazole rings is 1. The Balaban J connectivity index is 1.41. The number of hydrogen-bond donors (Lipinski definition) is 1. The second-order valence-corrected chi connectivity index (χ2v) is 10.5. The molecule has 0 radical (unpaired) electrons. The molecule has 2 heterocycles. The smallest absolute Gasteiger partial charge is 0.264 e. The molecule has 0 spiro atoms. The van der Waals surface area contributed by atoms with Crippen LogP contribution < -0.4 is 4.72 Å². The first-order valence-electron chi connectivity index (χ1n) is 11.7. The Morgan fingerprint density at radius 3 is 2.31 bits per heavy atom. The molecule has 2 aromatic carbocycles. The van der Waals surface area contributed by atoms with Crippen LogP contribution in [0.2, 0.25) is 0 Å². The van der Waals surface area contributed by atoms with Crippen molar-refractivity contribution < 1.29 is 13.2 Å². The zero-order valence-electron chi connectivity index (χ0n) is 20.5.